The standard InChI is InChI=1S/C21H38BN5O9S/c1-10(28)26-14-11(27-18(23)24)7-13(17(31)32)35-16(14)15(30)12(29)8-25-19(33)36-20(2,3)9-34-21(4,37)5-6-22/h7,11-12,14-16,29-30,37H,5-6,8-9,22H2,1-4H3,(H,25,33)(H,26,28)(H,31,32)(H4,23,24,27)/t11-,12+,14+,15+,16+,21?/m0/s1. The van der Waals surface area contributed by atoms with Crippen LogP contribution >= 0.6 is 12.6 Å². The van der Waals surface area contributed by atoms with Gasteiger partial charge in [-0.1, -0.05) is 6.32 Å². The molecule has 0 saturated carbocycles. The number of nitrogens with one attached hydrogen (secondary N) is 4. The number of hydrogen-bond acceptors (Lipinski definition) is 10. The van der Waals surface area contributed by atoms with Crippen molar-refractivity contribution in [1.82, 2.24) is 16.0 Å². The normalized spacial score (nSPS) is 22.8. The molecule has 2 amide bonds. The quantitative estimate of drug-likeness (QED) is 0.0405. The SMILES string of the molecule is BCCC(C)(S)OCC(C)(C)OC(=O)NC[C@@H](O)[C@@H](O)[C@@H]1OC(C(=O)O)=C[C@H](NC(=N)N)[C@H]1NC(C)=O. The van der Waals surface area contributed by atoms with Crippen molar-refractivity contribution in [3.8, 4) is 0 Å². The minimum atomic E-state index is -1.79. The van der Waals surface area contributed by atoms with Crippen LogP contribution in [0.4, 0.5) is 4.79 Å². The number of aliphatic carboxylic acids is 1. The fraction of sp³-hybridized carbons (Fsp3) is 0.714. The molecule has 0 bridgehead atoms. The average Bonchev–Trinajstić information content (AvgIpc) is 2.75. The maximum Gasteiger partial charge on any atom is 0.407 e. The fourth-order valence-electron chi connectivity index (χ4n) is 3.56. The van der Waals surface area contributed by atoms with Crippen LogP contribution in [-0.2, 0) is 23.8 Å². The second kappa shape index (κ2) is 13.7. The Morgan fingerprint density at radius 1 is 1.30 bits per heavy atom. The van der Waals surface area contributed by atoms with Gasteiger partial charge in [0, 0.05) is 13.5 Å². The number of ether oxygens (including phenoxy) is 3. The Morgan fingerprint density at radius 2 is 1.92 bits per heavy atom. The lowest BCUT2D eigenvalue weighted by Crippen LogP contribution is -2.64. The molecule has 0 fully saturated rings. The number of carboxylic acids is 1. The van der Waals surface area contributed by atoms with Crippen LogP contribution in [0.15, 0.2) is 11.8 Å². The lowest BCUT2D eigenvalue weighted by Gasteiger charge is -2.40. The minimum absolute atomic E-state index is 0.0503. The van der Waals surface area contributed by atoms with Gasteiger partial charge in [0.15, 0.2) is 5.96 Å². The average molecular weight is 547 g/mol. The lowest BCUT2D eigenvalue weighted by molar-refractivity contribution is -0.144. The van der Waals surface area contributed by atoms with Crippen molar-refractivity contribution < 1.29 is 43.9 Å². The van der Waals surface area contributed by atoms with Crippen molar-refractivity contribution in [2.45, 2.75) is 81.4 Å². The molecule has 37 heavy (non-hydrogen) atoms. The van der Waals surface area contributed by atoms with Gasteiger partial charge in [0.1, 0.15) is 36.7 Å². The smallest absolute Gasteiger partial charge is 0.407 e. The number of aliphatic hydroxyl groups excluding tert-OH is 2. The summed E-state index contributed by atoms with van der Waals surface area (Å²) in [5.41, 5.74) is 4.33. The predicted molar refractivity (Wildman–Crippen MR) is 139 cm³/mol. The first-order chi connectivity index (χ1) is 17.0. The van der Waals surface area contributed by atoms with E-state index in [4.69, 9.17) is 25.4 Å². The number of amides is 2. The summed E-state index contributed by atoms with van der Waals surface area (Å²) >= 11 is 4.44. The second-order valence-corrected chi connectivity index (χ2v) is 10.5. The third-order valence-electron chi connectivity index (χ3n) is 5.24. The molecular weight excluding hydrogens is 509 g/mol. The van der Waals surface area contributed by atoms with Crippen molar-refractivity contribution >= 4 is 44.4 Å². The highest BCUT2D eigenvalue weighted by Gasteiger charge is 2.44. The summed E-state index contributed by atoms with van der Waals surface area (Å²) in [5.74, 6) is -3.15. The summed E-state index contributed by atoms with van der Waals surface area (Å²) in [6, 6.07) is -2.19. The highest BCUT2D eigenvalue weighted by molar-refractivity contribution is 7.81. The number of guanidine groups is 1. The van der Waals surface area contributed by atoms with E-state index < -0.39 is 77.2 Å². The van der Waals surface area contributed by atoms with Gasteiger partial charge in [-0.05, 0) is 33.3 Å². The largest absolute Gasteiger partial charge is 0.478 e. The van der Waals surface area contributed by atoms with E-state index in [1.54, 1.807) is 20.8 Å². The Kier molecular flexibility index (Phi) is 12.0. The van der Waals surface area contributed by atoms with E-state index in [0.29, 0.717) is 6.42 Å². The second-order valence-electron chi connectivity index (χ2n) is 9.53. The summed E-state index contributed by atoms with van der Waals surface area (Å²) < 4.78 is 16.4. The molecule has 9 N–H and O–H groups in total. The minimum Gasteiger partial charge on any atom is -0.478 e. The van der Waals surface area contributed by atoms with Crippen LogP contribution < -0.4 is 21.7 Å². The number of rotatable bonds is 13. The van der Waals surface area contributed by atoms with E-state index in [9.17, 15) is 29.7 Å². The molecule has 1 rings (SSSR count). The van der Waals surface area contributed by atoms with Crippen molar-refractivity contribution in [3.05, 3.63) is 11.8 Å². The molecule has 0 radical (unpaired) electrons. The highest BCUT2D eigenvalue weighted by Crippen LogP contribution is 2.25. The Morgan fingerprint density at radius 3 is 2.43 bits per heavy atom. The van der Waals surface area contributed by atoms with Crippen LogP contribution in [-0.4, -0.2) is 101 Å². The molecular formula is C21H38BN5O9S. The molecule has 1 aliphatic rings. The molecule has 0 saturated heterocycles. The van der Waals surface area contributed by atoms with Crippen molar-refractivity contribution in [2.75, 3.05) is 13.2 Å². The molecule has 1 unspecified atom stereocenters. The van der Waals surface area contributed by atoms with Gasteiger partial charge < -0.3 is 51.2 Å². The molecule has 16 heteroatoms. The number of carbonyl (C=O) groups is 3. The van der Waals surface area contributed by atoms with E-state index in [-0.39, 0.29) is 6.61 Å². The molecule has 6 atom stereocenters. The molecule has 0 aromatic carbocycles. The molecule has 0 spiro atoms. The third kappa shape index (κ3) is 11.1. The predicted octanol–water partition coefficient (Wildman–Crippen LogP) is -1.96. The van der Waals surface area contributed by atoms with Crippen molar-refractivity contribution in [2.24, 2.45) is 5.73 Å². The number of carbonyl (C=O) groups excluding carboxylic acids is 2. The zero-order valence-corrected chi connectivity index (χ0v) is 22.5. The van der Waals surface area contributed by atoms with Crippen molar-refractivity contribution in [1.29, 1.82) is 5.41 Å². The van der Waals surface area contributed by atoms with Crippen LogP contribution in [0.25, 0.3) is 0 Å². The van der Waals surface area contributed by atoms with Gasteiger partial charge in [0.25, 0.3) is 0 Å². The van der Waals surface area contributed by atoms with Gasteiger partial charge in [-0.25, -0.2) is 9.59 Å². The van der Waals surface area contributed by atoms with E-state index in [0.717, 1.165) is 12.4 Å². The topological polar surface area (TPSA) is 226 Å². The first-order valence-corrected chi connectivity index (χ1v) is 12.1. The number of aliphatic hydroxyl groups is 2. The van der Waals surface area contributed by atoms with Crippen LogP contribution in [0.2, 0.25) is 6.32 Å². The summed E-state index contributed by atoms with van der Waals surface area (Å²) in [4.78, 5) is 34.9. The van der Waals surface area contributed by atoms with Crippen molar-refractivity contribution in [3.63, 3.8) is 0 Å². The zero-order valence-electron chi connectivity index (χ0n) is 21.6. The van der Waals surface area contributed by atoms with Gasteiger partial charge in [-0.2, -0.15) is 0 Å². The maximum absolute atomic E-state index is 12.3. The number of alkyl carbamates (subject to hydrolysis) is 1. The van der Waals surface area contributed by atoms with E-state index in [2.05, 4.69) is 28.6 Å². The molecule has 1 aliphatic heterocycles. The van der Waals surface area contributed by atoms with Crippen LogP contribution in [0, 0.1) is 5.41 Å². The maximum atomic E-state index is 12.3. The van der Waals surface area contributed by atoms with Gasteiger partial charge in [0.05, 0.1) is 18.7 Å². The fourth-order valence-corrected chi connectivity index (χ4v) is 3.85. The third-order valence-corrected chi connectivity index (χ3v) is 5.59. The molecule has 0 aromatic rings. The van der Waals surface area contributed by atoms with Gasteiger partial charge in [-0.3, -0.25) is 10.2 Å². The number of hydrogen-bond donors (Lipinski definition) is 9. The van der Waals surface area contributed by atoms with E-state index >= 15 is 0 Å². The van der Waals surface area contributed by atoms with Crippen LogP contribution in [0.3, 0.4) is 0 Å². The highest BCUT2D eigenvalue weighted by atomic mass is 32.1. The molecule has 0 aliphatic carbocycles. The molecule has 14 nitrogen and oxygen atoms in total. The summed E-state index contributed by atoms with van der Waals surface area (Å²) in [5, 5.41) is 45.4. The Balaban J connectivity index is 2.87. The van der Waals surface area contributed by atoms with Crippen LogP contribution in [0.1, 0.15) is 34.1 Å². The number of nitrogens with two attached hydrogens (primary N) is 1. The zero-order chi connectivity index (χ0) is 28.6. The Hall–Kier alpha value is -2.69. The number of carboxylic acid groups (broad SMARTS) is 1. The summed E-state index contributed by atoms with van der Waals surface area (Å²) in [7, 11) is 1.99. The molecule has 0 aromatic heterocycles. The Labute approximate surface area is 222 Å². The van der Waals surface area contributed by atoms with Gasteiger partial charge >= 0.3 is 12.1 Å². The van der Waals surface area contributed by atoms with E-state index in [1.165, 1.54) is 6.92 Å². The molecule has 1 heterocycles. The van der Waals surface area contributed by atoms with Gasteiger partial charge in [-0.15, -0.1) is 12.6 Å². The monoisotopic (exact) mass is 547 g/mol. The van der Waals surface area contributed by atoms with Crippen LogP contribution in [0.5, 0.6) is 0 Å². The summed E-state index contributed by atoms with van der Waals surface area (Å²) in [6.07, 6.45) is -3.22. The first-order valence-electron chi connectivity index (χ1n) is 11.7. The Bertz CT molecular complexity index is 873. The number of thiol groups is 1. The molecule has 210 valence electrons. The summed E-state index contributed by atoms with van der Waals surface area (Å²) in [6.45, 7) is 5.79. The van der Waals surface area contributed by atoms with E-state index in [1.807, 2.05) is 7.85 Å². The lowest BCUT2D eigenvalue weighted by atomic mass is 9.92. The first kappa shape index (κ1) is 32.3. The van der Waals surface area contributed by atoms with Gasteiger partial charge in [0.2, 0.25) is 11.7 Å².